The standard InChI is InChI=1S/C12H22F3N3O/c1-3-18(4-2)11(19)16-7-10-5-6-17(8-10)9-12(13,14)15/h10H,3-9H2,1-2H3,(H,16,19). The number of carbonyl (C=O) groups is 1. The number of rotatable bonds is 5. The van der Waals surface area contributed by atoms with Gasteiger partial charge in [-0.1, -0.05) is 0 Å². The third-order valence-electron chi connectivity index (χ3n) is 3.37. The highest BCUT2D eigenvalue weighted by Crippen LogP contribution is 2.22. The van der Waals surface area contributed by atoms with E-state index in [0.29, 0.717) is 39.1 Å². The zero-order valence-corrected chi connectivity index (χ0v) is 11.5. The Hall–Kier alpha value is -0.980. The van der Waals surface area contributed by atoms with Gasteiger partial charge in [0.05, 0.1) is 6.54 Å². The molecule has 1 rings (SSSR count). The molecule has 1 fully saturated rings. The van der Waals surface area contributed by atoms with Gasteiger partial charge in [0.1, 0.15) is 0 Å². The predicted molar refractivity (Wildman–Crippen MR) is 66.9 cm³/mol. The number of halogens is 3. The summed E-state index contributed by atoms with van der Waals surface area (Å²) in [6.45, 7) is 5.49. The Morgan fingerprint density at radius 1 is 1.37 bits per heavy atom. The monoisotopic (exact) mass is 281 g/mol. The maximum absolute atomic E-state index is 12.2. The minimum Gasteiger partial charge on any atom is -0.338 e. The van der Waals surface area contributed by atoms with Crippen molar-refractivity contribution in [2.45, 2.75) is 26.4 Å². The van der Waals surface area contributed by atoms with E-state index in [0.717, 1.165) is 0 Å². The molecule has 7 heteroatoms. The van der Waals surface area contributed by atoms with Crippen LogP contribution >= 0.6 is 0 Å². The molecule has 1 unspecified atom stereocenters. The summed E-state index contributed by atoms with van der Waals surface area (Å²) in [5.41, 5.74) is 0. The summed E-state index contributed by atoms with van der Waals surface area (Å²) >= 11 is 0. The molecule has 19 heavy (non-hydrogen) atoms. The van der Waals surface area contributed by atoms with Gasteiger partial charge in [-0.3, -0.25) is 4.90 Å². The zero-order chi connectivity index (χ0) is 14.5. The summed E-state index contributed by atoms with van der Waals surface area (Å²) in [6, 6.07) is -0.140. The number of hydrogen-bond donors (Lipinski definition) is 1. The van der Waals surface area contributed by atoms with E-state index in [4.69, 9.17) is 0 Å². The first kappa shape index (κ1) is 16.1. The highest BCUT2D eigenvalue weighted by atomic mass is 19.4. The van der Waals surface area contributed by atoms with Crippen molar-refractivity contribution in [1.82, 2.24) is 15.1 Å². The Bertz CT molecular complexity index is 292. The molecule has 0 radical (unpaired) electrons. The van der Waals surface area contributed by atoms with E-state index in [1.54, 1.807) is 4.90 Å². The van der Waals surface area contributed by atoms with Crippen LogP contribution in [0.1, 0.15) is 20.3 Å². The van der Waals surface area contributed by atoms with Crippen LogP contribution in [-0.2, 0) is 0 Å². The summed E-state index contributed by atoms with van der Waals surface area (Å²) in [5, 5.41) is 2.79. The molecule has 1 aliphatic rings. The highest BCUT2D eigenvalue weighted by Gasteiger charge is 2.34. The van der Waals surface area contributed by atoms with Crippen molar-refractivity contribution >= 4 is 6.03 Å². The van der Waals surface area contributed by atoms with Gasteiger partial charge >= 0.3 is 12.2 Å². The number of likely N-dealkylation sites (tertiary alicyclic amines) is 1. The molecule has 1 heterocycles. The van der Waals surface area contributed by atoms with Gasteiger partial charge < -0.3 is 10.2 Å². The maximum Gasteiger partial charge on any atom is 0.401 e. The zero-order valence-electron chi connectivity index (χ0n) is 11.5. The van der Waals surface area contributed by atoms with Gasteiger partial charge in [0.2, 0.25) is 0 Å². The lowest BCUT2D eigenvalue weighted by Gasteiger charge is -2.21. The van der Waals surface area contributed by atoms with Crippen molar-refractivity contribution in [3.63, 3.8) is 0 Å². The van der Waals surface area contributed by atoms with Crippen molar-refractivity contribution in [2.24, 2.45) is 5.92 Å². The second kappa shape index (κ2) is 6.98. The normalized spacial score (nSPS) is 20.6. The molecule has 1 atom stereocenters. The lowest BCUT2D eigenvalue weighted by molar-refractivity contribution is -0.143. The quantitative estimate of drug-likeness (QED) is 0.835. The van der Waals surface area contributed by atoms with Crippen LogP contribution in [0.3, 0.4) is 0 Å². The van der Waals surface area contributed by atoms with Crippen molar-refractivity contribution in [3.05, 3.63) is 0 Å². The van der Waals surface area contributed by atoms with Crippen LogP contribution in [0.2, 0.25) is 0 Å². The van der Waals surface area contributed by atoms with Crippen LogP contribution in [0.5, 0.6) is 0 Å². The fourth-order valence-corrected chi connectivity index (χ4v) is 2.33. The first-order chi connectivity index (χ1) is 8.85. The molecule has 0 spiro atoms. The molecule has 0 bridgehead atoms. The Balaban J connectivity index is 2.27. The molecule has 2 amide bonds. The van der Waals surface area contributed by atoms with Crippen molar-refractivity contribution < 1.29 is 18.0 Å². The third-order valence-corrected chi connectivity index (χ3v) is 3.37. The number of carbonyl (C=O) groups excluding carboxylic acids is 1. The van der Waals surface area contributed by atoms with Crippen LogP contribution in [0.25, 0.3) is 0 Å². The predicted octanol–water partition coefficient (Wildman–Crippen LogP) is 1.92. The average Bonchev–Trinajstić information content (AvgIpc) is 2.73. The molecule has 4 nitrogen and oxygen atoms in total. The Morgan fingerprint density at radius 2 is 2.00 bits per heavy atom. The molecule has 1 N–H and O–H groups in total. The summed E-state index contributed by atoms with van der Waals surface area (Å²) < 4.78 is 36.7. The van der Waals surface area contributed by atoms with E-state index in [2.05, 4.69) is 5.32 Å². The van der Waals surface area contributed by atoms with Crippen LogP contribution in [0.4, 0.5) is 18.0 Å². The Labute approximate surface area is 111 Å². The van der Waals surface area contributed by atoms with Crippen molar-refractivity contribution in [1.29, 1.82) is 0 Å². The Kier molecular flexibility index (Phi) is 5.90. The molecule has 0 aromatic heterocycles. The third kappa shape index (κ3) is 5.67. The molecule has 1 saturated heterocycles. The van der Waals surface area contributed by atoms with E-state index in [-0.39, 0.29) is 11.9 Å². The molecular formula is C12H22F3N3O. The van der Waals surface area contributed by atoms with Crippen molar-refractivity contribution in [2.75, 3.05) is 39.3 Å². The van der Waals surface area contributed by atoms with E-state index in [1.165, 1.54) is 4.90 Å². The molecule has 1 aliphatic heterocycles. The molecule has 0 aromatic carbocycles. The number of hydrogen-bond acceptors (Lipinski definition) is 2. The van der Waals surface area contributed by atoms with Gasteiger partial charge in [-0.15, -0.1) is 0 Å². The van der Waals surface area contributed by atoms with Gasteiger partial charge in [-0.2, -0.15) is 13.2 Å². The summed E-state index contributed by atoms with van der Waals surface area (Å²) in [7, 11) is 0. The summed E-state index contributed by atoms with van der Waals surface area (Å²) in [5.74, 6) is 0.113. The highest BCUT2D eigenvalue weighted by molar-refractivity contribution is 5.74. The number of amides is 2. The second-order valence-corrected chi connectivity index (χ2v) is 4.86. The number of nitrogens with zero attached hydrogens (tertiary/aromatic N) is 2. The largest absolute Gasteiger partial charge is 0.401 e. The maximum atomic E-state index is 12.2. The Morgan fingerprint density at radius 3 is 2.53 bits per heavy atom. The number of nitrogens with one attached hydrogen (secondary N) is 1. The van der Waals surface area contributed by atoms with Crippen molar-refractivity contribution in [3.8, 4) is 0 Å². The van der Waals surface area contributed by atoms with Crippen LogP contribution in [0.15, 0.2) is 0 Å². The second-order valence-electron chi connectivity index (χ2n) is 4.86. The lowest BCUT2D eigenvalue weighted by atomic mass is 10.1. The molecule has 112 valence electrons. The minimum atomic E-state index is -4.14. The van der Waals surface area contributed by atoms with Crippen LogP contribution < -0.4 is 5.32 Å². The topological polar surface area (TPSA) is 35.6 Å². The number of alkyl halides is 3. The van der Waals surface area contributed by atoms with Gasteiger partial charge in [0, 0.05) is 26.2 Å². The summed E-state index contributed by atoms with van der Waals surface area (Å²) in [6.07, 6.45) is -3.44. The van der Waals surface area contributed by atoms with Gasteiger partial charge in [-0.05, 0) is 32.7 Å². The SMILES string of the molecule is CCN(CC)C(=O)NCC1CCN(CC(F)(F)F)C1. The fraction of sp³-hybridized carbons (Fsp3) is 0.917. The average molecular weight is 281 g/mol. The fourth-order valence-electron chi connectivity index (χ4n) is 2.33. The lowest BCUT2D eigenvalue weighted by Crippen LogP contribution is -2.42. The van der Waals surface area contributed by atoms with E-state index >= 15 is 0 Å². The summed E-state index contributed by atoms with van der Waals surface area (Å²) in [4.78, 5) is 14.7. The first-order valence-electron chi connectivity index (χ1n) is 6.67. The molecule has 0 aromatic rings. The van der Waals surface area contributed by atoms with E-state index in [9.17, 15) is 18.0 Å². The molecule has 0 saturated carbocycles. The first-order valence-corrected chi connectivity index (χ1v) is 6.67. The van der Waals surface area contributed by atoms with Gasteiger partial charge in [0.15, 0.2) is 0 Å². The van der Waals surface area contributed by atoms with Gasteiger partial charge in [-0.25, -0.2) is 4.79 Å². The minimum absolute atomic E-state index is 0.113. The van der Waals surface area contributed by atoms with Gasteiger partial charge in [0.25, 0.3) is 0 Å². The smallest absolute Gasteiger partial charge is 0.338 e. The molecular weight excluding hydrogens is 259 g/mol. The van der Waals surface area contributed by atoms with E-state index < -0.39 is 12.7 Å². The van der Waals surface area contributed by atoms with Crippen LogP contribution in [0, 0.1) is 5.92 Å². The van der Waals surface area contributed by atoms with E-state index in [1.807, 2.05) is 13.8 Å². The molecule has 0 aliphatic carbocycles. The number of urea groups is 1. The van der Waals surface area contributed by atoms with Crippen LogP contribution in [-0.4, -0.2) is 61.3 Å².